The lowest BCUT2D eigenvalue weighted by Crippen LogP contribution is -2.32. The predicted octanol–water partition coefficient (Wildman–Crippen LogP) is 4.60. The molecule has 0 bridgehead atoms. The summed E-state index contributed by atoms with van der Waals surface area (Å²) in [6, 6.07) is 17.9. The monoisotopic (exact) mass is 380 g/mol. The van der Waals surface area contributed by atoms with Crippen LogP contribution in [0.2, 0.25) is 0 Å². The number of hydrogen-bond donors (Lipinski definition) is 0. The first-order valence-electron chi connectivity index (χ1n) is 8.87. The van der Waals surface area contributed by atoms with Crippen molar-refractivity contribution >= 4 is 11.5 Å². The number of aryl methyl sites for hydroxylation is 1. The number of aromatic nitrogens is 1. The molecule has 1 heterocycles. The van der Waals surface area contributed by atoms with Crippen LogP contribution in [0.1, 0.15) is 40.8 Å². The quantitative estimate of drug-likeness (QED) is 0.488. The van der Waals surface area contributed by atoms with Crippen LogP contribution in [0.5, 0.6) is 0 Å². The van der Waals surface area contributed by atoms with Gasteiger partial charge < -0.3 is 4.52 Å². The summed E-state index contributed by atoms with van der Waals surface area (Å²) < 4.78 is 21.6. The molecule has 7 heteroatoms. The van der Waals surface area contributed by atoms with Gasteiger partial charge in [-0.05, 0) is 18.1 Å². The molecule has 3 aromatic rings. The minimum atomic E-state index is -2.68. The molecule has 0 radical (unpaired) electrons. The number of carbonyl (C=O) groups excluding carboxylic acids is 1. The van der Waals surface area contributed by atoms with Crippen LogP contribution in [0.15, 0.2) is 65.2 Å². The lowest BCUT2D eigenvalue weighted by molar-refractivity contribution is -0.387. The molecule has 0 spiro atoms. The molecule has 142 valence electrons. The molecule has 0 N–H and O–H groups in total. The number of nitrogens with zero attached hydrogens (tertiary/aromatic N) is 2. The summed E-state index contributed by atoms with van der Waals surface area (Å²) in [4.78, 5) is 23.8. The van der Waals surface area contributed by atoms with E-state index in [9.17, 15) is 14.9 Å². The molecule has 1 aromatic heterocycles. The number of ketones is 1. The highest BCUT2D eigenvalue weighted by Gasteiger charge is 2.63. The van der Waals surface area contributed by atoms with E-state index in [1.54, 1.807) is 30.3 Å². The van der Waals surface area contributed by atoms with Crippen molar-refractivity contribution in [1.82, 2.24) is 5.16 Å². The molecule has 28 heavy (non-hydrogen) atoms. The normalized spacial score (nSPS) is 24.4. The number of Topliss-reactive ketones (excluding diaryl/α,β-unsaturated/α-hetero) is 1. The Hall–Kier alpha value is -3.35. The minimum absolute atomic E-state index is 0.0557. The molecule has 0 aliphatic heterocycles. The SMILES string of the molecule is Cc1noc([C@]2(F)C(=O)C[C@H](c3ccccc3)[C@H]2c2ccccc2)c1[N+](=O)[O-]. The van der Waals surface area contributed by atoms with E-state index in [-0.39, 0.29) is 12.1 Å². The van der Waals surface area contributed by atoms with Crippen LogP contribution in [-0.2, 0) is 10.5 Å². The summed E-state index contributed by atoms with van der Waals surface area (Å²) >= 11 is 0. The molecule has 0 unspecified atom stereocenters. The Kier molecular flexibility index (Phi) is 4.30. The van der Waals surface area contributed by atoms with Gasteiger partial charge in [-0.2, -0.15) is 0 Å². The summed E-state index contributed by atoms with van der Waals surface area (Å²) in [5, 5.41) is 15.1. The largest absolute Gasteiger partial charge is 0.349 e. The Morgan fingerprint density at radius 2 is 1.68 bits per heavy atom. The molecule has 2 aromatic carbocycles. The number of halogens is 1. The second-order valence-electron chi connectivity index (χ2n) is 6.95. The molecule has 1 saturated carbocycles. The second kappa shape index (κ2) is 6.67. The van der Waals surface area contributed by atoms with Crippen LogP contribution < -0.4 is 0 Å². The molecule has 6 nitrogen and oxygen atoms in total. The van der Waals surface area contributed by atoms with Crippen molar-refractivity contribution in [2.75, 3.05) is 0 Å². The van der Waals surface area contributed by atoms with E-state index < -0.39 is 39.7 Å². The molecular formula is C21H17FN2O4. The van der Waals surface area contributed by atoms with Gasteiger partial charge in [0.05, 0.1) is 4.92 Å². The lowest BCUT2D eigenvalue weighted by atomic mass is 9.77. The fourth-order valence-corrected chi connectivity index (χ4v) is 4.14. The number of benzene rings is 2. The highest BCUT2D eigenvalue weighted by Crippen LogP contribution is 2.58. The maximum Gasteiger partial charge on any atom is 0.338 e. The van der Waals surface area contributed by atoms with Gasteiger partial charge in [-0.25, -0.2) is 4.39 Å². The Bertz CT molecular complexity index is 1040. The molecule has 4 rings (SSSR count). The fourth-order valence-electron chi connectivity index (χ4n) is 4.14. The van der Waals surface area contributed by atoms with Crippen LogP contribution in [0, 0.1) is 17.0 Å². The van der Waals surface area contributed by atoms with Gasteiger partial charge in [-0.15, -0.1) is 0 Å². The molecular weight excluding hydrogens is 363 g/mol. The number of hydrogen-bond acceptors (Lipinski definition) is 5. The average molecular weight is 380 g/mol. The van der Waals surface area contributed by atoms with Crippen molar-refractivity contribution in [2.45, 2.75) is 30.8 Å². The van der Waals surface area contributed by atoms with Gasteiger partial charge in [-0.3, -0.25) is 14.9 Å². The number of rotatable bonds is 4. The van der Waals surface area contributed by atoms with E-state index in [1.807, 2.05) is 30.3 Å². The highest BCUT2D eigenvalue weighted by molar-refractivity contribution is 5.94. The van der Waals surface area contributed by atoms with Gasteiger partial charge in [0, 0.05) is 18.3 Å². The van der Waals surface area contributed by atoms with Gasteiger partial charge in [0.15, 0.2) is 11.5 Å². The molecule has 1 aliphatic rings. The third-order valence-corrected chi connectivity index (χ3v) is 5.37. The van der Waals surface area contributed by atoms with Crippen molar-refractivity contribution in [2.24, 2.45) is 0 Å². The van der Waals surface area contributed by atoms with E-state index in [0.717, 1.165) is 5.56 Å². The van der Waals surface area contributed by atoms with Crippen molar-refractivity contribution in [1.29, 1.82) is 0 Å². The lowest BCUT2D eigenvalue weighted by Gasteiger charge is -2.27. The highest BCUT2D eigenvalue weighted by atomic mass is 19.1. The van der Waals surface area contributed by atoms with Gasteiger partial charge in [0.1, 0.15) is 0 Å². The van der Waals surface area contributed by atoms with Crippen molar-refractivity contribution in [3.05, 3.63) is 93.4 Å². The van der Waals surface area contributed by atoms with Crippen LogP contribution in [0.4, 0.5) is 10.1 Å². The van der Waals surface area contributed by atoms with Gasteiger partial charge in [-0.1, -0.05) is 65.8 Å². The Morgan fingerprint density at radius 3 is 2.25 bits per heavy atom. The van der Waals surface area contributed by atoms with Crippen LogP contribution >= 0.6 is 0 Å². The van der Waals surface area contributed by atoms with E-state index >= 15 is 4.39 Å². The molecule has 1 aliphatic carbocycles. The third-order valence-electron chi connectivity index (χ3n) is 5.37. The number of nitro groups is 1. The maximum atomic E-state index is 16.6. The number of alkyl halides is 1. The fraction of sp³-hybridized carbons (Fsp3) is 0.238. The Labute approximate surface area is 160 Å². The van der Waals surface area contributed by atoms with Gasteiger partial charge in [0.25, 0.3) is 5.76 Å². The van der Waals surface area contributed by atoms with E-state index in [0.29, 0.717) is 5.56 Å². The standard InChI is InChI=1S/C21H17FN2O4/c1-13-19(24(26)27)20(28-23-13)21(22)17(25)12-16(14-8-4-2-5-9-14)18(21)15-10-6-3-7-11-15/h2-11,16,18H,12H2,1H3/t16-,18-,21+/m1/s1. The zero-order chi connectivity index (χ0) is 19.9. The van der Waals surface area contributed by atoms with E-state index in [4.69, 9.17) is 4.52 Å². The van der Waals surface area contributed by atoms with Crippen molar-refractivity contribution < 1.29 is 18.6 Å². The first-order chi connectivity index (χ1) is 13.4. The maximum absolute atomic E-state index is 16.6. The summed E-state index contributed by atoms with van der Waals surface area (Å²) in [5.41, 5.74) is -1.94. The van der Waals surface area contributed by atoms with Crippen LogP contribution in [-0.4, -0.2) is 15.9 Å². The predicted molar refractivity (Wildman–Crippen MR) is 98.7 cm³/mol. The zero-order valence-corrected chi connectivity index (χ0v) is 15.0. The minimum Gasteiger partial charge on any atom is -0.349 e. The van der Waals surface area contributed by atoms with Crippen LogP contribution in [0.25, 0.3) is 0 Å². The third kappa shape index (κ3) is 2.62. The molecule has 0 saturated heterocycles. The summed E-state index contributed by atoms with van der Waals surface area (Å²) in [6.45, 7) is 1.36. The van der Waals surface area contributed by atoms with Gasteiger partial charge in [0.2, 0.25) is 5.67 Å². The number of carbonyl (C=O) groups is 1. The first-order valence-corrected chi connectivity index (χ1v) is 8.87. The zero-order valence-electron chi connectivity index (χ0n) is 15.0. The second-order valence-corrected chi connectivity index (χ2v) is 6.95. The first kappa shape index (κ1) is 18.0. The van der Waals surface area contributed by atoms with Crippen molar-refractivity contribution in [3.63, 3.8) is 0 Å². The molecule has 1 fully saturated rings. The Balaban J connectivity index is 1.95. The summed E-state index contributed by atoms with van der Waals surface area (Å²) in [6.07, 6.45) is -0.0863. The van der Waals surface area contributed by atoms with Crippen molar-refractivity contribution in [3.8, 4) is 0 Å². The average Bonchev–Trinajstić information content (AvgIpc) is 3.22. The smallest absolute Gasteiger partial charge is 0.338 e. The topological polar surface area (TPSA) is 86.2 Å². The van der Waals surface area contributed by atoms with Gasteiger partial charge >= 0.3 is 5.69 Å². The van der Waals surface area contributed by atoms with Crippen LogP contribution in [0.3, 0.4) is 0 Å². The van der Waals surface area contributed by atoms with E-state index in [1.165, 1.54) is 6.92 Å². The summed E-state index contributed by atoms with van der Waals surface area (Å²) in [7, 11) is 0. The molecule has 0 amide bonds. The molecule has 3 atom stereocenters. The summed E-state index contributed by atoms with van der Waals surface area (Å²) in [5.74, 6) is -2.80. The Morgan fingerprint density at radius 1 is 1.11 bits per heavy atom. The van der Waals surface area contributed by atoms with E-state index in [2.05, 4.69) is 5.16 Å².